The first-order valence-corrected chi connectivity index (χ1v) is 17.5. The largest absolute Gasteiger partial charge is 0.357 e. The molecule has 6 aliphatic rings. The van der Waals surface area contributed by atoms with Crippen molar-refractivity contribution in [2.75, 3.05) is 6.54 Å². The van der Waals surface area contributed by atoms with Crippen LogP contribution in [0.3, 0.4) is 0 Å². The number of ether oxygens (including phenoxy) is 1. The predicted octanol–water partition coefficient (Wildman–Crippen LogP) is 5.59. The van der Waals surface area contributed by atoms with Crippen LogP contribution in [-0.2, 0) is 20.9 Å². The molecule has 0 bridgehead atoms. The Kier molecular flexibility index (Phi) is 7.68. The van der Waals surface area contributed by atoms with Crippen LogP contribution in [0.4, 0.5) is 0 Å². The molecule has 1 aromatic rings. The maximum absolute atomic E-state index is 12.8. The molecule has 236 valence electrons. The number of aromatic nitrogens is 1. The number of amides is 2. The number of hydrogen-bond acceptors (Lipinski definition) is 5. The smallest absolute Gasteiger partial charge is 0.229 e. The second-order valence-electron chi connectivity index (χ2n) is 16.1. The highest BCUT2D eigenvalue weighted by Gasteiger charge is 2.68. The highest BCUT2D eigenvalue weighted by Crippen LogP contribution is 2.71. The fourth-order valence-corrected chi connectivity index (χ4v) is 11.8. The van der Waals surface area contributed by atoms with Crippen LogP contribution < -0.4 is 16.0 Å². The van der Waals surface area contributed by atoms with Crippen molar-refractivity contribution in [3.63, 3.8) is 0 Å². The zero-order valence-corrected chi connectivity index (χ0v) is 26.9. The SMILES string of the molecule is C[C@@H]1CC[C@@]2(NC1)O[C@H]1C[C@H]3[C@@H]4CC[C@H]5CC(NC(=O)CC(=O)NCc6ccccn6)CC[C@]5(C)[C@H]4CC[C@]3(C)[C@H]1[C@@H]2C. The summed E-state index contributed by atoms with van der Waals surface area (Å²) >= 11 is 0. The van der Waals surface area contributed by atoms with E-state index in [-0.39, 0.29) is 30.0 Å². The molecule has 3 heterocycles. The standard InChI is InChI=1S/C36H54N4O3/c1-22-10-15-36(39-20-22)23(2)33-30(43-36)18-29-27-9-8-24-17-25(11-13-34(24,3)28(27)12-14-35(29,33)4)40-32(42)19-31(41)38-21-26-7-5-6-16-37-26/h5-7,16,22-25,27-30,33,39H,8-15,17-21H2,1-4H3,(H,38,41)(H,40,42)/t22-,23+,24+,25?,27-,28+,29+,30+,33+,34+,35+,36-/m1/s1. The van der Waals surface area contributed by atoms with E-state index < -0.39 is 0 Å². The Labute approximate surface area is 258 Å². The number of rotatable bonds is 5. The molecule has 1 spiro atoms. The van der Waals surface area contributed by atoms with Gasteiger partial charge in [-0.15, -0.1) is 0 Å². The van der Waals surface area contributed by atoms with Crippen LogP contribution in [0.25, 0.3) is 0 Å². The van der Waals surface area contributed by atoms with Gasteiger partial charge in [0, 0.05) is 24.7 Å². The Hall–Kier alpha value is -1.99. The van der Waals surface area contributed by atoms with Gasteiger partial charge in [0.15, 0.2) is 0 Å². The maximum atomic E-state index is 12.8. The average molecular weight is 591 g/mol. The van der Waals surface area contributed by atoms with Gasteiger partial charge in [0.25, 0.3) is 0 Å². The molecular weight excluding hydrogens is 536 g/mol. The molecule has 6 fully saturated rings. The quantitative estimate of drug-likeness (QED) is 0.389. The van der Waals surface area contributed by atoms with Crippen LogP contribution in [-0.4, -0.2) is 41.2 Å². The first kappa shape index (κ1) is 29.7. The van der Waals surface area contributed by atoms with Crippen molar-refractivity contribution in [3.8, 4) is 0 Å². The van der Waals surface area contributed by atoms with E-state index in [2.05, 4.69) is 48.6 Å². The summed E-state index contributed by atoms with van der Waals surface area (Å²) in [5.41, 5.74) is 1.46. The third-order valence-corrected chi connectivity index (χ3v) is 14.0. The van der Waals surface area contributed by atoms with Crippen LogP contribution in [0.2, 0.25) is 0 Å². The van der Waals surface area contributed by atoms with Crippen LogP contribution in [0.1, 0.15) is 104 Å². The second kappa shape index (κ2) is 11.1. The summed E-state index contributed by atoms with van der Waals surface area (Å²) < 4.78 is 7.08. The summed E-state index contributed by atoms with van der Waals surface area (Å²) in [5, 5.41) is 9.97. The fraction of sp³-hybridized carbons (Fsp3) is 0.806. The number of carbonyl (C=O) groups is 2. The molecule has 1 unspecified atom stereocenters. The van der Waals surface area contributed by atoms with Crippen molar-refractivity contribution < 1.29 is 14.3 Å². The molecule has 12 atom stereocenters. The molecule has 7 heteroatoms. The van der Waals surface area contributed by atoms with Gasteiger partial charge in [-0.1, -0.05) is 33.8 Å². The van der Waals surface area contributed by atoms with Crippen molar-refractivity contribution >= 4 is 11.8 Å². The Morgan fingerprint density at radius 2 is 1.81 bits per heavy atom. The minimum atomic E-state index is -0.242. The second-order valence-corrected chi connectivity index (χ2v) is 16.1. The van der Waals surface area contributed by atoms with Gasteiger partial charge >= 0.3 is 0 Å². The van der Waals surface area contributed by atoms with Gasteiger partial charge in [0.1, 0.15) is 12.1 Å². The van der Waals surface area contributed by atoms with E-state index in [4.69, 9.17) is 4.74 Å². The van der Waals surface area contributed by atoms with Crippen LogP contribution in [0.5, 0.6) is 0 Å². The molecule has 0 aromatic carbocycles. The zero-order valence-electron chi connectivity index (χ0n) is 26.9. The molecule has 0 radical (unpaired) electrons. The minimum absolute atomic E-state index is 0.0844. The molecule has 7 rings (SSSR count). The van der Waals surface area contributed by atoms with Gasteiger partial charge in [0.2, 0.25) is 11.8 Å². The van der Waals surface area contributed by atoms with Crippen molar-refractivity contribution in [1.29, 1.82) is 0 Å². The summed E-state index contributed by atoms with van der Waals surface area (Å²) in [5.74, 6) is 4.65. The number of pyridine rings is 1. The first-order chi connectivity index (χ1) is 20.6. The normalized spacial score (nSPS) is 46.7. The molecule has 2 saturated heterocycles. The van der Waals surface area contributed by atoms with Crippen molar-refractivity contribution in [1.82, 2.24) is 20.9 Å². The zero-order chi connectivity index (χ0) is 30.0. The van der Waals surface area contributed by atoms with E-state index in [9.17, 15) is 9.59 Å². The lowest BCUT2D eigenvalue weighted by atomic mass is 9.44. The number of fused-ring (bicyclic) bond motifs is 7. The highest BCUT2D eigenvalue weighted by molar-refractivity contribution is 5.96. The van der Waals surface area contributed by atoms with E-state index in [0.29, 0.717) is 41.2 Å². The van der Waals surface area contributed by atoms with Crippen molar-refractivity contribution in [3.05, 3.63) is 30.1 Å². The van der Waals surface area contributed by atoms with Gasteiger partial charge in [0.05, 0.1) is 18.3 Å². The van der Waals surface area contributed by atoms with E-state index in [1.807, 2.05) is 18.2 Å². The average Bonchev–Trinajstić information content (AvgIpc) is 3.44. The van der Waals surface area contributed by atoms with Crippen molar-refractivity contribution in [2.45, 2.75) is 123 Å². The number of carbonyl (C=O) groups excluding carboxylic acids is 2. The molecule has 2 aliphatic heterocycles. The van der Waals surface area contributed by atoms with E-state index in [0.717, 1.165) is 48.8 Å². The summed E-state index contributed by atoms with van der Waals surface area (Å²) in [4.78, 5) is 29.4. The topological polar surface area (TPSA) is 92.4 Å². The number of nitrogens with zero attached hydrogens (tertiary/aromatic N) is 1. The molecule has 1 aromatic heterocycles. The monoisotopic (exact) mass is 590 g/mol. The Bertz CT molecular complexity index is 1200. The molecule has 4 aliphatic carbocycles. The van der Waals surface area contributed by atoms with Gasteiger partial charge in [-0.25, -0.2) is 0 Å². The lowest BCUT2D eigenvalue weighted by Gasteiger charge is -2.61. The summed E-state index contributed by atoms with van der Waals surface area (Å²) in [6.45, 7) is 11.6. The van der Waals surface area contributed by atoms with Crippen LogP contribution in [0, 0.1) is 52.3 Å². The highest BCUT2D eigenvalue weighted by atomic mass is 16.5. The summed E-state index contributed by atoms with van der Waals surface area (Å²) in [6.07, 6.45) is 14.3. The molecule has 3 N–H and O–H groups in total. The van der Waals surface area contributed by atoms with Crippen molar-refractivity contribution in [2.24, 2.45) is 52.3 Å². The lowest BCUT2D eigenvalue weighted by molar-refractivity contribution is -0.137. The Balaban J connectivity index is 0.952. The third kappa shape index (κ3) is 5.05. The Morgan fingerprint density at radius 1 is 0.977 bits per heavy atom. The number of hydrogen-bond donors (Lipinski definition) is 3. The number of piperidine rings is 1. The van der Waals surface area contributed by atoms with Gasteiger partial charge in [-0.05, 0) is 123 Å². The fourth-order valence-electron chi connectivity index (χ4n) is 11.8. The number of nitrogens with one attached hydrogen (secondary N) is 3. The first-order valence-electron chi connectivity index (χ1n) is 17.5. The molecule has 2 amide bonds. The van der Waals surface area contributed by atoms with Gasteiger partial charge < -0.3 is 15.4 Å². The summed E-state index contributed by atoms with van der Waals surface area (Å²) in [6, 6.07) is 5.80. The summed E-state index contributed by atoms with van der Waals surface area (Å²) in [7, 11) is 0. The molecule has 7 nitrogen and oxygen atoms in total. The van der Waals surface area contributed by atoms with Crippen LogP contribution in [0.15, 0.2) is 24.4 Å². The Morgan fingerprint density at radius 3 is 2.58 bits per heavy atom. The predicted molar refractivity (Wildman–Crippen MR) is 166 cm³/mol. The molecule has 4 saturated carbocycles. The molecule has 43 heavy (non-hydrogen) atoms. The van der Waals surface area contributed by atoms with E-state index in [1.54, 1.807) is 6.20 Å². The molecular formula is C36H54N4O3. The van der Waals surface area contributed by atoms with E-state index >= 15 is 0 Å². The lowest BCUT2D eigenvalue weighted by Crippen LogP contribution is -2.58. The van der Waals surface area contributed by atoms with Gasteiger partial charge in [-0.2, -0.15) is 0 Å². The van der Waals surface area contributed by atoms with Crippen LogP contribution >= 0.6 is 0 Å². The van der Waals surface area contributed by atoms with E-state index in [1.165, 1.54) is 51.4 Å². The third-order valence-electron chi connectivity index (χ3n) is 14.0. The van der Waals surface area contributed by atoms with Gasteiger partial charge in [-0.3, -0.25) is 19.9 Å². The maximum Gasteiger partial charge on any atom is 0.229 e. The minimum Gasteiger partial charge on any atom is -0.357 e.